The molecule has 1 N–H and O–H groups in total. The van der Waals surface area contributed by atoms with Crippen molar-refractivity contribution in [1.29, 1.82) is 0 Å². The third-order valence-corrected chi connectivity index (χ3v) is 5.31. The summed E-state index contributed by atoms with van der Waals surface area (Å²) in [5.74, 6) is -0.507. The number of benzene rings is 1. The summed E-state index contributed by atoms with van der Waals surface area (Å²) >= 11 is 0. The van der Waals surface area contributed by atoms with Gasteiger partial charge in [0, 0.05) is 43.9 Å². The number of carboxylic acid groups (broad SMARTS) is 1. The lowest BCUT2D eigenvalue weighted by molar-refractivity contribution is -0.139. The first kappa shape index (κ1) is 21.6. The highest BCUT2D eigenvalue weighted by Crippen LogP contribution is 2.37. The van der Waals surface area contributed by atoms with Gasteiger partial charge in [-0.25, -0.2) is 9.78 Å². The molecule has 0 radical (unpaired) electrons. The van der Waals surface area contributed by atoms with Crippen molar-refractivity contribution < 1.29 is 27.8 Å². The maximum absolute atomic E-state index is 13.2. The number of aromatic nitrogens is 2. The molecule has 1 aromatic carbocycles. The fourth-order valence-corrected chi connectivity index (χ4v) is 3.71. The first-order valence-corrected chi connectivity index (χ1v) is 10.1. The van der Waals surface area contributed by atoms with Crippen LogP contribution in [0.1, 0.15) is 28.8 Å². The van der Waals surface area contributed by atoms with E-state index in [4.69, 9.17) is 4.74 Å². The number of nitrogens with zero attached hydrogens (tertiary/aromatic N) is 3. The summed E-state index contributed by atoms with van der Waals surface area (Å²) in [5, 5.41) is 9.33. The van der Waals surface area contributed by atoms with Gasteiger partial charge in [-0.3, -0.25) is 4.98 Å². The number of alkyl halides is 3. The Morgan fingerprint density at radius 1 is 1.03 bits per heavy atom. The summed E-state index contributed by atoms with van der Waals surface area (Å²) in [6, 6.07) is 11.8. The Kier molecular flexibility index (Phi) is 5.98. The van der Waals surface area contributed by atoms with Gasteiger partial charge in [0.05, 0.1) is 16.8 Å². The van der Waals surface area contributed by atoms with Crippen LogP contribution in [0.4, 0.5) is 19.0 Å². The minimum absolute atomic E-state index is 0.0964. The highest BCUT2D eigenvalue weighted by atomic mass is 19.4. The van der Waals surface area contributed by atoms with E-state index in [9.17, 15) is 23.1 Å². The van der Waals surface area contributed by atoms with Gasteiger partial charge >= 0.3 is 12.1 Å². The van der Waals surface area contributed by atoms with Crippen LogP contribution in [-0.4, -0.2) is 40.2 Å². The SMILES string of the molecule is O=C(O)c1cccnc1-c1ccc(N2CCC(Oc3ccccc3C(F)(F)F)CC2)nc1. The van der Waals surface area contributed by atoms with Crippen LogP contribution in [0.25, 0.3) is 11.3 Å². The van der Waals surface area contributed by atoms with E-state index in [1.54, 1.807) is 24.4 Å². The molecular weight excluding hydrogens is 423 g/mol. The smallest absolute Gasteiger partial charge is 0.419 e. The predicted molar refractivity (Wildman–Crippen MR) is 112 cm³/mol. The lowest BCUT2D eigenvalue weighted by Crippen LogP contribution is -2.38. The molecule has 0 spiro atoms. The van der Waals surface area contributed by atoms with Gasteiger partial charge in [0.1, 0.15) is 17.7 Å². The zero-order valence-electron chi connectivity index (χ0n) is 16.9. The van der Waals surface area contributed by atoms with Crippen LogP contribution >= 0.6 is 0 Å². The quantitative estimate of drug-likeness (QED) is 0.604. The minimum Gasteiger partial charge on any atom is -0.490 e. The Bertz CT molecular complexity index is 1100. The average molecular weight is 443 g/mol. The van der Waals surface area contributed by atoms with Gasteiger partial charge in [0.25, 0.3) is 0 Å². The van der Waals surface area contributed by atoms with Crippen LogP contribution in [0, 0.1) is 0 Å². The summed E-state index contributed by atoms with van der Waals surface area (Å²) in [7, 11) is 0. The van der Waals surface area contributed by atoms with E-state index in [0.717, 1.165) is 6.07 Å². The fourth-order valence-electron chi connectivity index (χ4n) is 3.71. The Morgan fingerprint density at radius 3 is 2.44 bits per heavy atom. The van der Waals surface area contributed by atoms with E-state index in [1.807, 2.05) is 4.90 Å². The van der Waals surface area contributed by atoms with Crippen molar-refractivity contribution in [2.45, 2.75) is 25.1 Å². The van der Waals surface area contributed by atoms with Gasteiger partial charge in [-0.2, -0.15) is 13.2 Å². The maximum atomic E-state index is 13.2. The number of pyridine rings is 2. The lowest BCUT2D eigenvalue weighted by Gasteiger charge is -2.33. The van der Waals surface area contributed by atoms with Crippen molar-refractivity contribution >= 4 is 11.8 Å². The number of carbonyl (C=O) groups is 1. The Balaban J connectivity index is 1.41. The number of halogens is 3. The van der Waals surface area contributed by atoms with Gasteiger partial charge in [0.15, 0.2) is 0 Å². The first-order chi connectivity index (χ1) is 15.3. The molecule has 0 unspecified atom stereocenters. The molecule has 3 aromatic rings. The number of anilines is 1. The molecule has 4 rings (SSSR count). The van der Waals surface area contributed by atoms with Gasteiger partial charge in [0.2, 0.25) is 0 Å². The van der Waals surface area contributed by atoms with Crippen LogP contribution in [0.2, 0.25) is 0 Å². The van der Waals surface area contributed by atoms with Crippen LogP contribution in [0.15, 0.2) is 60.9 Å². The Morgan fingerprint density at radius 2 is 1.78 bits per heavy atom. The number of rotatable bonds is 5. The van der Waals surface area contributed by atoms with Gasteiger partial charge in [-0.15, -0.1) is 0 Å². The highest BCUT2D eigenvalue weighted by Gasteiger charge is 2.35. The molecule has 1 saturated heterocycles. The fraction of sp³-hybridized carbons (Fsp3) is 0.261. The van der Waals surface area contributed by atoms with Crippen LogP contribution in [0.3, 0.4) is 0 Å². The van der Waals surface area contributed by atoms with Crippen molar-refractivity contribution in [3.63, 3.8) is 0 Å². The molecule has 32 heavy (non-hydrogen) atoms. The second-order valence-electron chi connectivity index (χ2n) is 7.41. The monoisotopic (exact) mass is 443 g/mol. The predicted octanol–water partition coefficient (Wildman–Crippen LogP) is 4.91. The number of piperidine rings is 1. The van der Waals surface area contributed by atoms with Crippen molar-refractivity contribution in [2.75, 3.05) is 18.0 Å². The number of carboxylic acids is 1. The van der Waals surface area contributed by atoms with E-state index in [0.29, 0.717) is 43.0 Å². The molecule has 1 aliphatic rings. The molecule has 166 valence electrons. The number of hydrogen-bond donors (Lipinski definition) is 1. The van der Waals surface area contributed by atoms with E-state index in [1.165, 1.54) is 30.5 Å². The standard InChI is InChI=1S/C23H20F3N3O3/c24-23(25,26)18-5-1-2-6-19(18)32-16-9-12-29(13-10-16)20-8-7-15(14-28-20)21-17(22(30)31)4-3-11-27-21/h1-8,11,14,16H,9-10,12-13H2,(H,30,31). The third-order valence-electron chi connectivity index (χ3n) is 5.31. The second kappa shape index (κ2) is 8.86. The van der Waals surface area contributed by atoms with Crippen LogP contribution in [0.5, 0.6) is 5.75 Å². The minimum atomic E-state index is -4.46. The number of ether oxygens (including phenoxy) is 1. The molecule has 1 fully saturated rings. The normalized spacial score (nSPS) is 14.9. The summed E-state index contributed by atoms with van der Waals surface area (Å²) in [6.45, 7) is 1.16. The largest absolute Gasteiger partial charge is 0.490 e. The van der Waals surface area contributed by atoms with Gasteiger partial charge in [-0.05, 0) is 36.4 Å². The molecule has 0 bridgehead atoms. The van der Waals surface area contributed by atoms with Crippen molar-refractivity contribution in [3.05, 3.63) is 72.1 Å². The molecule has 0 saturated carbocycles. The molecule has 3 heterocycles. The maximum Gasteiger partial charge on any atom is 0.419 e. The summed E-state index contributed by atoms with van der Waals surface area (Å²) in [4.78, 5) is 22.0. The summed E-state index contributed by atoms with van der Waals surface area (Å²) in [5.41, 5.74) is 0.261. The summed E-state index contributed by atoms with van der Waals surface area (Å²) in [6.07, 6.45) is -0.570. The Labute approximate surface area is 182 Å². The molecule has 6 nitrogen and oxygen atoms in total. The molecular formula is C23H20F3N3O3. The number of para-hydroxylation sites is 1. The molecule has 0 amide bonds. The molecule has 0 atom stereocenters. The number of aromatic carboxylic acids is 1. The van der Waals surface area contributed by atoms with Crippen molar-refractivity contribution in [3.8, 4) is 17.0 Å². The number of hydrogen-bond acceptors (Lipinski definition) is 5. The van der Waals surface area contributed by atoms with Crippen LogP contribution in [-0.2, 0) is 6.18 Å². The third kappa shape index (κ3) is 4.66. The van der Waals surface area contributed by atoms with Crippen molar-refractivity contribution in [1.82, 2.24) is 9.97 Å². The lowest BCUT2D eigenvalue weighted by atomic mass is 10.1. The second-order valence-corrected chi connectivity index (χ2v) is 7.41. The average Bonchev–Trinajstić information content (AvgIpc) is 2.79. The van der Waals surface area contributed by atoms with Gasteiger partial charge < -0.3 is 14.7 Å². The van der Waals surface area contributed by atoms with E-state index in [2.05, 4.69) is 9.97 Å². The summed E-state index contributed by atoms with van der Waals surface area (Å²) < 4.78 is 45.2. The first-order valence-electron chi connectivity index (χ1n) is 10.1. The molecule has 1 aliphatic heterocycles. The molecule has 9 heteroatoms. The van der Waals surface area contributed by atoms with E-state index >= 15 is 0 Å². The van der Waals surface area contributed by atoms with E-state index in [-0.39, 0.29) is 17.4 Å². The van der Waals surface area contributed by atoms with Gasteiger partial charge in [-0.1, -0.05) is 12.1 Å². The molecule has 0 aliphatic carbocycles. The Hall–Kier alpha value is -3.62. The van der Waals surface area contributed by atoms with Crippen molar-refractivity contribution in [2.24, 2.45) is 0 Å². The zero-order valence-corrected chi connectivity index (χ0v) is 16.9. The highest BCUT2D eigenvalue weighted by molar-refractivity contribution is 5.94. The molecule has 2 aromatic heterocycles. The van der Waals surface area contributed by atoms with Crippen LogP contribution < -0.4 is 9.64 Å². The van der Waals surface area contributed by atoms with E-state index < -0.39 is 17.7 Å². The topological polar surface area (TPSA) is 75.5 Å². The zero-order chi connectivity index (χ0) is 22.7.